The van der Waals surface area contributed by atoms with Gasteiger partial charge in [0, 0.05) is 66.4 Å². The van der Waals surface area contributed by atoms with Crippen LogP contribution in [0.25, 0.3) is 0 Å². The van der Waals surface area contributed by atoms with Crippen LogP contribution in [-0.4, -0.2) is 141 Å². The number of guanidine groups is 2. The summed E-state index contributed by atoms with van der Waals surface area (Å²) in [6.45, 7) is 1.31. The fraction of sp³-hybridized carbons (Fsp3) is 0.438. The lowest BCUT2D eigenvalue weighted by molar-refractivity contribution is -0.140. The van der Waals surface area contributed by atoms with E-state index in [-0.39, 0.29) is 79.9 Å². The summed E-state index contributed by atoms with van der Waals surface area (Å²) in [6.07, 6.45) is 3.10. The summed E-state index contributed by atoms with van der Waals surface area (Å²) in [5.74, 6) is -3.07. The lowest BCUT2D eigenvalue weighted by Gasteiger charge is -2.37. The number of benzene rings is 3. The third-order valence-corrected chi connectivity index (χ3v) is 12.8. The Morgan fingerprint density at radius 3 is 1.85 bits per heavy atom. The Morgan fingerprint density at radius 1 is 0.704 bits per heavy atom. The molecule has 1 unspecified atom stereocenters. The standard InChI is InChI=1S/C48H62N14O9/c1-53-25-39(63)61-21-7-13-35(61)43(67)59-34(12-6-20-56-47(51)52)41(65)58-28-16-18-32-38(24-28)70-37-23-27(15-17-31(37)48(32)30-10-4-3-9-29(30)45(69)71-48)57-33(11-5-19-55-46(49)50)42(66)60-44(68)36-14-8-22-62(36)40(64)26-54-2/h3-4,9-10,15-18,23-24,33-36,53-54,57H,5-8,11-14,19-22,25-26H2,1-2H3,(H,58,65)(H,59,67)(H4,49,50,55)(H4,51,52,56)(H,60,66,68)/t33-,34-,35-,36-,48?/m0/s1. The van der Waals surface area contributed by atoms with E-state index in [1.165, 1.54) is 9.80 Å². The molecule has 23 nitrogen and oxygen atoms in total. The van der Waals surface area contributed by atoms with Gasteiger partial charge in [-0.05, 0) is 95.8 Å². The Balaban J connectivity index is 1.17. The van der Waals surface area contributed by atoms with Gasteiger partial charge in [-0.2, -0.15) is 0 Å². The van der Waals surface area contributed by atoms with E-state index in [0.29, 0.717) is 79.6 Å². The van der Waals surface area contributed by atoms with Crippen LogP contribution >= 0.6 is 0 Å². The zero-order valence-corrected chi connectivity index (χ0v) is 39.8. The molecule has 4 aliphatic rings. The van der Waals surface area contributed by atoms with Gasteiger partial charge in [0.05, 0.1) is 18.7 Å². The van der Waals surface area contributed by atoms with E-state index in [0.717, 1.165) is 0 Å². The topological polar surface area (TPSA) is 345 Å². The van der Waals surface area contributed by atoms with Gasteiger partial charge in [-0.15, -0.1) is 0 Å². The van der Waals surface area contributed by atoms with Gasteiger partial charge in [0.25, 0.3) is 0 Å². The maximum Gasteiger partial charge on any atom is 0.340 e. The van der Waals surface area contributed by atoms with E-state index in [2.05, 4.69) is 41.9 Å². The number of carbonyl (C=O) groups excluding carboxylic acids is 7. The molecule has 23 heteroatoms. The molecular formula is C48H62N14O9. The number of likely N-dealkylation sites (tertiary alicyclic amines) is 2. The lowest BCUT2D eigenvalue weighted by atomic mass is 9.77. The Morgan fingerprint density at radius 2 is 1.25 bits per heavy atom. The number of esters is 1. The van der Waals surface area contributed by atoms with E-state index >= 15 is 0 Å². The molecule has 1 spiro atoms. The van der Waals surface area contributed by atoms with Gasteiger partial charge in [0.1, 0.15) is 35.7 Å². The highest BCUT2D eigenvalue weighted by Crippen LogP contribution is 2.56. The van der Waals surface area contributed by atoms with Gasteiger partial charge in [0.2, 0.25) is 35.4 Å². The molecule has 4 heterocycles. The molecule has 0 radical (unpaired) electrons. The van der Waals surface area contributed by atoms with Gasteiger partial charge >= 0.3 is 5.97 Å². The van der Waals surface area contributed by atoms with Crippen LogP contribution in [0.1, 0.15) is 78.4 Å². The number of amides is 6. The fourth-order valence-electron chi connectivity index (χ4n) is 9.56. The normalized spacial score (nSPS) is 19.2. The third kappa shape index (κ3) is 11.5. The monoisotopic (exact) mass is 978 g/mol. The van der Waals surface area contributed by atoms with Crippen molar-refractivity contribution in [3.8, 4) is 11.5 Å². The molecule has 4 aliphatic heterocycles. The van der Waals surface area contributed by atoms with Gasteiger partial charge in [-0.25, -0.2) is 4.79 Å². The smallest absolute Gasteiger partial charge is 0.340 e. The molecule has 0 bridgehead atoms. The molecule has 2 saturated heterocycles. The predicted molar refractivity (Wildman–Crippen MR) is 263 cm³/mol. The van der Waals surface area contributed by atoms with E-state index < -0.39 is 59.4 Å². The minimum atomic E-state index is -1.50. The van der Waals surface area contributed by atoms with Crippen molar-refractivity contribution in [1.82, 2.24) is 31.1 Å². The molecule has 7 rings (SSSR count). The molecule has 14 N–H and O–H groups in total. The highest BCUT2D eigenvalue weighted by molar-refractivity contribution is 6.03. The van der Waals surface area contributed by atoms with Crippen LogP contribution in [0.3, 0.4) is 0 Å². The number of aliphatic imine (C=N–C) groups is 2. The quantitative estimate of drug-likeness (QED) is 0.0299. The first-order valence-electron chi connectivity index (χ1n) is 23.7. The van der Waals surface area contributed by atoms with Crippen LogP contribution in [0.5, 0.6) is 11.5 Å². The zero-order chi connectivity index (χ0) is 50.8. The molecule has 378 valence electrons. The average Bonchev–Trinajstić information content (AvgIpc) is 4.10. The highest BCUT2D eigenvalue weighted by atomic mass is 16.6. The van der Waals surface area contributed by atoms with Gasteiger partial charge in [0.15, 0.2) is 17.5 Å². The van der Waals surface area contributed by atoms with Crippen molar-refractivity contribution in [1.29, 1.82) is 0 Å². The van der Waals surface area contributed by atoms with Gasteiger partial charge in [-0.3, -0.25) is 44.1 Å². The van der Waals surface area contributed by atoms with Gasteiger partial charge in [-0.1, -0.05) is 18.2 Å². The van der Waals surface area contributed by atoms with Crippen LogP contribution < -0.4 is 59.6 Å². The van der Waals surface area contributed by atoms with Crippen LogP contribution in [0, 0.1) is 0 Å². The van der Waals surface area contributed by atoms with Crippen molar-refractivity contribution in [3.05, 3.63) is 82.9 Å². The van der Waals surface area contributed by atoms with Crippen LogP contribution in [0.4, 0.5) is 11.4 Å². The highest BCUT2D eigenvalue weighted by Gasteiger charge is 2.53. The second-order valence-electron chi connectivity index (χ2n) is 17.7. The summed E-state index contributed by atoms with van der Waals surface area (Å²) in [4.78, 5) is 106. The summed E-state index contributed by atoms with van der Waals surface area (Å²) >= 11 is 0. The number of imide groups is 1. The second-order valence-corrected chi connectivity index (χ2v) is 17.7. The van der Waals surface area contributed by atoms with Gasteiger partial charge < -0.3 is 68.8 Å². The number of rotatable bonds is 20. The number of fused-ring (bicyclic) bond motifs is 6. The number of anilines is 2. The number of nitrogens with zero attached hydrogens (tertiary/aromatic N) is 4. The third-order valence-electron chi connectivity index (χ3n) is 12.8. The van der Waals surface area contributed by atoms with Crippen molar-refractivity contribution in [3.63, 3.8) is 0 Å². The summed E-state index contributed by atoms with van der Waals surface area (Å²) in [5.41, 5.74) is 23.2. The van der Waals surface area contributed by atoms with E-state index in [1.807, 2.05) is 0 Å². The van der Waals surface area contributed by atoms with Crippen LogP contribution in [-0.2, 0) is 39.1 Å². The maximum absolute atomic E-state index is 14.2. The first-order chi connectivity index (χ1) is 34.1. The summed E-state index contributed by atoms with van der Waals surface area (Å²) in [5, 5.41) is 17.1. The maximum atomic E-state index is 14.2. The number of nitrogens with two attached hydrogens (primary N) is 4. The first kappa shape index (κ1) is 51.1. The molecule has 3 aromatic carbocycles. The molecular weight excluding hydrogens is 917 g/mol. The molecule has 0 aromatic heterocycles. The second kappa shape index (κ2) is 22.8. The molecule has 0 aliphatic carbocycles. The van der Waals surface area contributed by atoms with Crippen LogP contribution in [0.2, 0.25) is 0 Å². The molecule has 5 atom stereocenters. The number of likely N-dealkylation sites (N-methyl/N-ethyl adjacent to an activating group) is 2. The Bertz CT molecular complexity index is 2600. The van der Waals surface area contributed by atoms with Crippen LogP contribution in [0.15, 0.2) is 70.6 Å². The van der Waals surface area contributed by atoms with Crippen molar-refractivity contribution >= 4 is 64.7 Å². The van der Waals surface area contributed by atoms with Crippen molar-refractivity contribution in [2.75, 3.05) is 64.0 Å². The summed E-state index contributed by atoms with van der Waals surface area (Å²) in [7, 11) is 3.28. The number of hydrogen-bond acceptors (Lipinski definition) is 14. The minimum Gasteiger partial charge on any atom is -0.456 e. The zero-order valence-electron chi connectivity index (χ0n) is 39.8. The minimum absolute atomic E-state index is 0.0462. The molecule has 3 aromatic rings. The molecule has 2 fully saturated rings. The average molecular weight is 979 g/mol. The van der Waals surface area contributed by atoms with E-state index in [1.54, 1.807) is 74.8 Å². The molecule has 71 heavy (non-hydrogen) atoms. The number of ether oxygens (including phenoxy) is 2. The largest absolute Gasteiger partial charge is 0.456 e. The number of hydrogen-bond donors (Lipinski definition) is 10. The number of nitrogens with one attached hydrogen (secondary N) is 6. The summed E-state index contributed by atoms with van der Waals surface area (Å²) in [6, 6.07) is 13.3. The van der Waals surface area contributed by atoms with E-state index in [4.69, 9.17) is 32.4 Å². The Hall–Kier alpha value is -7.79. The molecule has 0 saturated carbocycles. The molecule has 6 amide bonds. The SMILES string of the molecule is CNCC(=O)N1CCC[C@H]1C(=O)NC(=O)[C@H](CCCN=C(N)N)Nc1ccc2c(c1)Oc1cc(NC(=O)[C@H](CCCN=C(N)N)NC(=O)[C@@H]3CCCN3C(=O)CNC)ccc1C21OC(=O)c2ccccc21. The Labute approximate surface area is 410 Å². The lowest BCUT2D eigenvalue weighted by Crippen LogP contribution is -2.53. The first-order valence-corrected chi connectivity index (χ1v) is 23.7. The fourth-order valence-corrected chi connectivity index (χ4v) is 9.56. The van der Waals surface area contributed by atoms with Crippen molar-refractivity contribution < 1.29 is 43.0 Å². The predicted octanol–water partition coefficient (Wildman–Crippen LogP) is -0.371. The number of carbonyl (C=O) groups is 7. The Kier molecular flexibility index (Phi) is 16.4. The van der Waals surface area contributed by atoms with Crippen molar-refractivity contribution in [2.45, 2.75) is 81.1 Å². The van der Waals surface area contributed by atoms with E-state index in [9.17, 15) is 33.6 Å². The van der Waals surface area contributed by atoms with Crippen molar-refractivity contribution in [2.24, 2.45) is 32.9 Å². The summed E-state index contributed by atoms with van der Waals surface area (Å²) < 4.78 is 13.0.